The Morgan fingerprint density at radius 2 is 2.40 bits per heavy atom. The Kier molecular flexibility index (Phi) is 2.28. The van der Waals surface area contributed by atoms with Crippen LogP contribution in [0.1, 0.15) is 9.80 Å². The summed E-state index contributed by atoms with van der Waals surface area (Å²) >= 11 is 9.50. The van der Waals surface area contributed by atoms with Crippen molar-refractivity contribution >= 4 is 44.8 Å². The molecule has 0 saturated heterocycles. The van der Waals surface area contributed by atoms with Gasteiger partial charge < -0.3 is 5.11 Å². The normalized spacial score (nSPS) is 9.80. The van der Waals surface area contributed by atoms with E-state index < -0.39 is 5.97 Å². The van der Waals surface area contributed by atoms with Crippen LogP contribution in [0.4, 0.5) is 0 Å². The molecule has 54 valence electrons. The lowest BCUT2D eigenvalue weighted by atomic mass is 10.7. The molecule has 0 fully saturated rings. The van der Waals surface area contributed by atoms with Gasteiger partial charge in [-0.1, -0.05) is 22.9 Å². The molecule has 0 unspecified atom stereocenters. The van der Waals surface area contributed by atoms with E-state index in [-0.39, 0.29) is 10.2 Å². The molecule has 1 heterocycles. The number of carboxylic acid groups (broad SMARTS) is 1. The number of carbonyl (C=O) groups is 1. The fourth-order valence-electron chi connectivity index (χ4n) is 0.374. The molecule has 0 atom stereocenters. The van der Waals surface area contributed by atoms with Gasteiger partial charge in [-0.25, -0.2) is 9.78 Å². The summed E-state index contributed by atoms with van der Waals surface area (Å²) in [5, 5.41) is 8.58. The third kappa shape index (κ3) is 1.47. The first kappa shape index (κ1) is 7.97. The van der Waals surface area contributed by atoms with Crippen LogP contribution in [-0.4, -0.2) is 16.1 Å². The molecule has 0 bridgehead atoms. The molecule has 10 heavy (non-hydrogen) atoms. The van der Waals surface area contributed by atoms with Crippen LogP contribution in [0.25, 0.3) is 0 Å². The number of nitrogens with zero attached hydrogens (tertiary/aromatic N) is 1. The lowest BCUT2D eigenvalue weighted by Crippen LogP contribution is -1.93. The van der Waals surface area contributed by atoms with Crippen molar-refractivity contribution in [3.63, 3.8) is 0 Å². The van der Waals surface area contributed by atoms with E-state index in [1.54, 1.807) is 0 Å². The summed E-state index contributed by atoms with van der Waals surface area (Å²) in [6.45, 7) is 0. The predicted octanol–water partition coefficient (Wildman–Crippen LogP) is 2.26. The van der Waals surface area contributed by atoms with Gasteiger partial charge in [0, 0.05) is 0 Å². The largest absolute Gasteiger partial charge is 0.476 e. The van der Waals surface area contributed by atoms with Gasteiger partial charge in [0.05, 0.1) is 0 Å². The number of aromatic nitrogens is 1. The standard InChI is InChI=1S/C4HBrClNO2S/c5-1-2(6)7-3(10-1)4(8)9/h(H,8,9). The number of hydrogen-bond donors (Lipinski definition) is 1. The molecule has 0 amide bonds. The quantitative estimate of drug-likeness (QED) is 0.822. The van der Waals surface area contributed by atoms with Crippen LogP contribution in [0.3, 0.4) is 0 Å². The molecule has 0 aromatic carbocycles. The predicted molar refractivity (Wildman–Crippen MR) is 41.8 cm³/mol. The number of aromatic carboxylic acids is 1. The van der Waals surface area contributed by atoms with Crippen LogP contribution in [0, 0.1) is 0 Å². The molecule has 1 rings (SSSR count). The van der Waals surface area contributed by atoms with E-state index in [1.165, 1.54) is 0 Å². The highest BCUT2D eigenvalue weighted by Crippen LogP contribution is 2.28. The van der Waals surface area contributed by atoms with Gasteiger partial charge in [0.1, 0.15) is 3.79 Å². The third-order valence-corrected chi connectivity index (χ3v) is 3.04. The lowest BCUT2D eigenvalue weighted by Gasteiger charge is -1.78. The Bertz CT molecular complexity index is 255. The molecule has 0 aliphatic rings. The molecular formula is C4HBrClNO2S. The third-order valence-electron chi connectivity index (χ3n) is 0.731. The van der Waals surface area contributed by atoms with E-state index >= 15 is 0 Å². The highest BCUT2D eigenvalue weighted by molar-refractivity contribution is 9.11. The van der Waals surface area contributed by atoms with Crippen molar-refractivity contribution in [3.05, 3.63) is 13.9 Å². The van der Waals surface area contributed by atoms with Crippen molar-refractivity contribution in [2.45, 2.75) is 0 Å². The summed E-state index contributed by atoms with van der Waals surface area (Å²) in [7, 11) is 0. The van der Waals surface area contributed by atoms with Crippen molar-refractivity contribution in [1.82, 2.24) is 4.98 Å². The molecule has 0 aliphatic carbocycles. The number of thiazole rings is 1. The first-order valence-corrected chi connectivity index (χ1v) is 4.15. The molecule has 1 N–H and O–H groups in total. The zero-order valence-corrected chi connectivity index (χ0v) is 7.63. The summed E-state index contributed by atoms with van der Waals surface area (Å²) in [5.74, 6) is -1.06. The van der Waals surface area contributed by atoms with E-state index in [1.807, 2.05) is 0 Å². The minimum absolute atomic E-state index is 0.00289. The van der Waals surface area contributed by atoms with Gasteiger partial charge in [0.25, 0.3) is 0 Å². The van der Waals surface area contributed by atoms with Crippen LogP contribution in [0.5, 0.6) is 0 Å². The molecule has 0 saturated carbocycles. The van der Waals surface area contributed by atoms with Crippen molar-refractivity contribution in [2.75, 3.05) is 0 Å². The second kappa shape index (κ2) is 2.86. The van der Waals surface area contributed by atoms with Crippen molar-refractivity contribution in [1.29, 1.82) is 0 Å². The maximum absolute atomic E-state index is 10.2. The molecule has 0 spiro atoms. The van der Waals surface area contributed by atoms with Crippen LogP contribution in [0.2, 0.25) is 5.15 Å². The Hall–Kier alpha value is -0.130. The first-order chi connectivity index (χ1) is 4.61. The number of rotatable bonds is 1. The van der Waals surface area contributed by atoms with Gasteiger partial charge in [-0.15, -0.1) is 0 Å². The van der Waals surface area contributed by atoms with Gasteiger partial charge in [0.15, 0.2) is 5.15 Å². The molecule has 6 heteroatoms. The molecule has 1 aromatic rings. The van der Waals surface area contributed by atoms with Crippen molar-refractivity contribution < 1.29 is 9.90 Å². The highest BCUT2D eigenvalue weighted by Gasteiger charge is 2.11. The summed E-state index contributed by atoms with van der Waals surface area (Å²) in [6, 6.07) is 0. The van der Waals surface area contributed by atoms with Crippen molar-refractivity contribution in [2.24, 2.45) is 0 Å². The zero-order chi connectivity index (χ0) is 7.72. The van der Waals surface area contributed by atoms with Crippen LogP contribution in [-0.2, 0) is 0 Å². The number of halogens is 2. The SMILES string of the molecule is O=C(O)c1nc(Cl)c(Br)s1. The molecule has 0 aliphatic heterocycles. The van der Waals surface area contributed by atoms with E-state index in [4.69, 9.17) is 16.7 Å². The average molecular weight is 242 g/mol. The zero-order valence-electron chi connectivity index (χ0n) is 4.47. The second-order valence-corrected chi connectivity index (χ2v) is 4.06. The Morgan fingerprint density at radius 1 is 1.80 bits per heavy atom. The second-order valence-electron chi connectivity index (χ2n) is 1.39. The molecular weight excluding hydrogens is 241 g/mol. The first-order valence-electron chi connectivity index (χ1n) is 2.16. The molecule has 3 nitrogen and oxygen atoms in total. The van der Waals surface area contributed by atoms with Gasteiger partial charge in [-0.3, -0.25) is 0 Å². The van der Waals surface area contributed by atoms with Crippen LogP contribution < -0.4 is 0 Å². The van der Waals surface area contributed by atoms with Gasteiger partial charge in [0.2, 0.25) is 5.01 Å². The summed E-state index contributed by atoms with van der Waals surface area (Å²) in [6.07, 6.45) is 0. The Balaban J connectivity index is 3.10. The minimum atomic E-state index is -1.06. The Labute approximate surface area is 73.8 Å². The van der Waals surface area contributed by atoms with E-state index in [2.05, 4.69) is 20.9 Å². The van der Waals surface area contributed by atoms with Crippen LogP contribution >= 0.6 is 38.9 Å². The molecule has 0 radical (unpaired) electrons. The van der Waals surface area contributed by atoms with E-state index in [0.717, 1.165) is 11.3 Å². The lowest BCUT2D eigenvalue weighted by molar-refractivity contribution is 0.0696. The maximum Gasteiger partial charge on any atom is 0.365 e. The Morgan fingerprint density at radius 3 is 2.60 bits per heavy atom. The fraction of sp³-hybridized carbons (Fsp3) is 0. The van der Waals surface area contributed by atoms with E-state index in [9.17, 15) is 4.79 Å². The van der Waals surface area contributed by atoms with Gasteiger partial charge in [-0.2, -0.15) is 0 Å². The van der Waals surface area contributed by atoms with E-state index in [0.29, 0.717) is 3.79 Å². The topological polar surface area (TPSA) is 50.2 Å². The fourth-order valence-corrected chi connectivity index (χ4v) is 1.70. The maximum atomic E-state index is 10.2. The number of carboxylic acids is 1. The summed E-state index contributed by atoms with van der Waals surface area (Å²) in [5.41, 5.74) is 0. The van der Waals surface area contributed by atoms with Gasteiger partial charge in [-0.05, 0) is 15.9 Å². The number of hydrogen-bond acceptors (Lipinski definition) is 3. The summed E-state index contributed by atoms with van der Waals surface area (Å²) < 4.78 is 0.548. The molecule has 1 aromatic heterocycles. The van der Waals surface area contributed by atoms with Gasteiger partial charge >= 0.3 is 5.97 Å². The average Bonchev–Trinajstić information content (AvgIpc) is 2.13. The van der Waals surface area contributed by atoms with Crippen LogP contribution in [0.15, 0.2) is 3.79 Å². The summed E-state index contributed by atoms with van der Waals surface area (Å²) in [4.78, 5) is 13.8. The van der Waals surface area contributed by atoms with Crippen molar-refractivity contribution in [3.8, 4) is 0 Å². The monoisotopic (exact) mass is 241 g/mol. The smallest absolute Gasteiger partial charge is 0.365 e. The highest BCUT2D eigenvalue weighted by atomic mass is 79.9. The minimum Gasteiger partial charge on any atom is -0.476 e.